The van der Waals surface area contributed by atoms with Crippen LogP contribution in [0.4, 0.5) is 0 Å². The van der Waals surface area contributed by atoms with Gasteiger partial charge in [-0.05, 0) is 78.8 Å². The maximum Gasteiger partial charge on any atom is 0.201 e. The van der Waals surface area contributed by atoms with Gasteiger partial charge in [0.1, 0.15) is 23.4 Å². The van der Waals surface area contributed by atoms with Crippen molar-refractivity contribution in [2.24, 2.45) is 5.92 Å². The minimum Gasteiger partial charge on any atom is -0.508 e. The standard InChI is InChI=1S/C38H40O7S2/c1-42-28-18-29-33-27-15-20(25-16-21(39)12-13-23(25)32(27)28)11-10-19-6-4-7-22(14-19)46-47-31-9-5-8-24-26(38(45-29)36(41)34(31)33)17-30(43-2)35(40)37(24)44-3/h12-13,16-20,22,31,34,36,38-41H,4,6-8,10-11,14-15H2,1-3H3. The van der Waals surface area contributed by atoms with Crippen molar-refractivity contribution in [3.8, 4) is 57.5 Å². The fourth-order valence-electron chi connectivity index (χ4n) is 8.78. The van der Waals surface area contributed by atoms with Crippen LogP contribution in [-0.2, 0) is 12.8 Å². The minimum absolute atomic E-state index is 0.0914. The highest BCUT2D eigenvalue weighted by molar-refractivity contribution is 8.77. The van der Waals surface area contributed by atoms with Crippen molar-refractivity contribution in [3.63, 3.8) is 0 Å². The highest BCUT2D eigenvalue weighted by Crippen LogP contribution is 2.59. The van der Waals surface area contributed by atoms with Crippen LogP contribution in [0.5, 0.6) is 34.5 Å². The highest BCUT2D eigenvalue weighted by atomic mass is 33.1. The van der Waals surface area contributed by atoms with Crippen molar-refractivity contribution in [2.75, 3.05) is 21.3 Å². The van der Waals surface area contributed by atoms with Crippen molar-refractivity contribution in [1.82, 2.24) is 0 Å². The first-order chi connectivity index (χ1) is 22.9. The predicted octanol–water partition coefficient (Wildman–Crippen LogP) is 7.67. The third-order valence-electron chi connectivity index (χ3n) is 11.0. The van der Waals surface area contributed by atoms with Crippen LogP contribution in [0.2, 0.25) is 0 Å². The van der Waals surface area contributed by atoms with Crippen molar-refractivity contribution >= 4 is 21.6 Å². The van der Waals surface area contributed by atoms with Crippen LogP contribution < -0.4 is 18.9 Å². The largest absolute Gasteiger partial charge is 0.508 e. The molecule has 3 aliphatic carbocycles. The number of rotatable bonds is 3. The summed E-state index contributed by atoms with van der Waals surface area (Å²) < 4.78 is 24.3. The van der Waals surface area contributed by atoms with E-state index in [4.69, 9.17) is 18.9 Å². The van der Waals surface area contributed by atoms with Crippen molar-refractivity contribution in [1.29, 1.82) is 0 Å². The van der Waals surface area contributed by atoms with Gasteiger partial charge in [-0.25, -0.2) is 0 Å². The van der Waals surface area contributed by atoms with Crippen LogP contribution in [0.3, 0.4) is 0 Å². The normalized spacial score (nSPS) is 28.6. The van der Waals surface area contributed by atoms with E-state index in [0.717, 1.165) is 47.1 Å². The van der Waals surface area contributed by atoms with Gasteiger partial charge in [0.15, 0.2) is 17.6 Å². The molecule has 0 radical (unpaired) electrons. The van der Waals surface area contributed by atoms with Gasteiger partial charge >= 0.3 is 0 Å². The van der Waals surface area contributed by atoms with Gasteiger partial charge in [0.2, 0.25) is 5.75 Å². The molecule has 6 bridgehead atoms. The Balaban J connectivity index is 1.39. The Labute approximate surface area is 283 Å². The van der Waals surface area contributed by atoms with Gasteiger partial charge in [0.05, 0.1) is 26.6 Å². The molecule has 1 saturated carbocycles. The maximum absolute atomic E-state index is 12.6. The van der Waals surface area contributed by atoms with Gasteiger partial charge in [-0.15, -0.1) is 0 Å². The Morgan fingerprint density at radius 3 is 2.55 bits per heavy atom. The van der Waals surface area contributed by atoms with E-state index in [2.05, 4.69) is 11.8 Å². The van der Waals surface area contributed by atoms with Gasteiger partial charge in [-0.2, -0.15) is 0 Å². The molecule has 7 nitrogen and oxygen atoms in total. The van der Waals surface area contributed by atoms with Gasteiger partial charge in [0, 0.05) is 45.9 Å². The molecule has 8 rings (SSSR count). The number of phenolic OH excluding ortho intramolecular Hbond substituents is 2. The Morgan fingerprint density at radius 2 is 1.74 bits per heavy atom. The lowest BCUT2D eigenvalue weighted by Gasteiger charge is -2.42. The molecule has 0 amide bonds. The summed E-state index contributed by atoms with van der Waals surface area (Å²) in [6.07, 6.45) is 6.47. The Kier molecular flexibility index (Phi) is 8.10. The summed E-state index contributed by atoms with van der Waals surface area (Å²) in [5, 5.41) is 34.6. The summed E-state index contributed by atoms with van der Waals surface area (Å²) in [6, 6.07) is 9.45. The second-order valence-corrected chi connectivity index (χ2v) is 16.2. The van der Waals surface area contributed by atoms with E-state index in [1.165, 1.54) is 39.9 Å². The lowest BCUT2D eigenvalue weighted by atomic mass is 9.70. The molecule has 0 saturated heterocycles. The molecule has 3 N–H and O–H groups in total. The molecule has 47 heavy (non-hydrogen) atoms. The molecule has 7 atom stereocenters. The molecular weight excluding hydrogens is 633 g/mol. The smallest absolute Gasteiger partial charge is 0.201 e. The monoisotopic (exact) mass is 672 g/mol. The van der Waals surface area contributed by atoms with Crippen LogP contribution in [-0.4, -0.2) is 53.3 Å². The predicted molar refractivity (Wildman–Crippen MR) is 185 cm³/mol. The van der Waals surface area contributed by atoms with Crippen molar-refractivity contribution in [2.45, 2.75) is 85.9 Å². The molecule has 246 valence electrons. The van der Waals surface area contributed by atoms with E-state index < -0.39 is 12.2 Å². The number of benzene rings is 3. The number of methoxy groups -OCH3 is 3. The average molecular weight is 673 g/mol. The lowest BCUT2D eigenvalue weighted by Crippen LogP contribution is -2.40. The van der Waals surface area contributed by atoms with E-state index in [9.17, 15) is 15.3 Å². The zero-order valence-corrected chi connectivity index (χ0v) is 28.5. The van der Waals surface area contributed by atoms with E-state index >= 15 is 0 Å². The quantitative estimate of drug-likeness (QED) is 0.191. The molecule has 7 unspecified atom stereocenters. The molecule has 2 heterocycles. The van der Waals surface area contributed by atoms with Gasteiger partial charge in [-0.1, -0.05) is 52.3 Å². The zero-order chi connectivity index (χ0) is 32.4. The molecule has 0 aromatic heterocycles. The van der Waals surface area contributed by atoms with Gasteiger partial charge in [-0.3, -0.25) is 0 Å². The van der Waals surface area contributed by atoms with Crippen LogP contribution in [0.25, 0.3) is 11.1 Å². The number of hydrogen-bond donors (Lipinski definition) is 3. The number of phenols is 2. The summed E-state index contributed by atoms with van der Waals surface area (Å²) in [5.41, 5.74) is 6.77. The SMILES string of the molecule is COc1cc2c(c(OC)c1O)CC#CC1SSC3CCCC(CCC4Cc5c(c(OC)cc6c5C1C(O)C2O6)-c1ccc(O)cc14)C3. The second kappa shape index (κ2) is 12.3. The lowest BCUT2D eigenvalue weighted by molar-refractivity contribution is 0.000945. The minimum atomic E-state index is -0.938. The van der Waals surface area contributed by atoms with Crippen molar-refractivity contribution < 1.29 is 34.3 Å². The molecular formula is C38H40O7S2. The Bertz CT molecular complexity index is 1800. The zero-order valence-electron chi connectivity index (χ0n) is 26.9. The molecule has 9 heteroatoms. The second-order valence-electron chi connectivity index (χ2n) is 13.4. The topological polar surface area (TPSA) is 97.6 Å². The van der Waals surface area contributed by atoms with E-state index in [1.807, 2.05) is 29.0 Å². The fraction of sp³-hybridized carbons (Fsp3) is 0.474. The highest BCUT2D eigenvalue weighted by Gasteiger charge is 2.48. The number of fused-ring (bicyclic) bond motifs is 9. The van der Waals surface area contributed by atoms with Crippen molar-refractivity contribution in [3.05, 3.63) is 58.1 Å². The summed E-state index contributed by atoms with van der Waals surface area (Å²) >= 11 is 0. The number of hydrogen-bond acceptors (Lipinski definition) is 9. The first kappa shape index (κ1) is 31.0. The number of aliphatic hydroxyl groups excluding tert-OH is 1. The third-order valence-corrected chi connectivity index (χ3v) is 14.2. The summed E-state index contributed by atoms with van der Waals surface area (Å²) in [4.78, 5) is 0. The van der Waals surface area contributed by atoms with E-state index in [0.29, 0.717) is 40.2 Å². The number of aliphatic hydroxyl groups is 1. The maximum atomic E-state index is 12.6. The first-order valence-electron chi connectivity index (χ1n) is 16.6. The fourth-order valence-corrected chi connectivity index (χ4v) is 12.1. The van der Waals surface area contributed by atoms with Crippen LogP contribution in [0, 0.1) is 17.8 Å². The summed E-state index contributed by atoms with van der Waals surface area (Å²) in [6.45, 7) is 0. The summed E-state index contributed by atoms with van der Waals surface area (Å²) in [5.74, 6) is 9.71. The number of aromatic hydroxyl groups is 2. The van der Waals surface area contributed by atoms with Crippen LogP contribution in [0.1, 0.15) is 84.3 Å². The molecule has 5 aliphatic rings. The van der Waals surface area contributed by atoms with Gasteiger partial charge in [0.25, 0.3) is 0 Å². The van der Waals surface area contributed by atoms with E-state index in [1.54, 1.807) is 30.0 Å². The summed E-state index contributed by atoms with van der Waals surface area (Å²) in [7, 11) is 8.46. The van der Waals surface area contributed by atoms with Crippen LogP contribution >= 0.6 is 21.6 Å². The average Bonchev–Trinajstić information content (AvgIpc) is 3.11. The first-order valence-corrected chi connectivity index (χ1v) is 18.9. The molecule has 2 aliphatic heterocycles. The molecule has 3 aromatic carbocycles. The Morgan fingerprint density at radius 1 is 0.894 bits per heavy atom. The number of ether oxygens (including phenoxy) is 4. The van der Waals surface area contributed by atoms with E-state index in [-0.39, 0.29) is 40.1 Å². The van der Waals surface area contributed by atoms with Gasteiger partial charge < -0.3 is 34.3 Å². The third kappa shape index (κ3) is 5.10. The van der Waals surface area contributed by atoms with Crippen LogP contribution in [0.15, 0.2) is 30.3 Å². The molecule has 3 aromatic rings. The molecule has 1 fully saturated rings. The Hall–Kier alpha value is -3.32. The molecule has 0 spiro atoms.